The second-order valence-electron chi connectivity index (χ2n) is 6.23. The Kier molecular flexibility index (Phi) is 4.73. The molecule has 0 radical (unpaired) electrons. The van der Waals surface area contributed by atoms with Gasteiger partial charge in [-0.05, 0) is 18.2 Å². The van der Waals surface area contributed by atoms with E-state index in [0.29, 0.717) is 28.4 Å². The van der Waals surface area contributed by atoms with Crippen molar-refractivity contribution in [2.24, 2.45) is 0 Å². The molecule has 0 atom stereocenters. The van der Waals surface area contributed by atoms with E-state index in [0.717, 1.165) is 6.07 Å². The number of piperazine rings is 1. The molecule has 2 aromatic carbocycles. The van der Waals surface area contributed by atoms with Gasteiger partial charge in [-0.2, -0.15) is 4.31 Å². The van der Waals surface area contributed by atoms with Crippen LogP contribution < -0.4 is 4.90 Å². The van der Waals surface area contributed by atoms with Crippen LogP contribution in [-0.2, 0) is 10.0 Å². The van der Waals surface area contributed by atoms with Crippen LogP contribution >= 0.6 is 11.3 Å². The smallest absolute Gasteiger partial charge is 0.270 e. The summed E-state index contributed by atoms with van der Waals surface area (Å²) in [5, 5.41) is 11.6. The monoisotopic (exact) mass is 422 g/mol. The van der Waals surface area contributed by atoms with Crippen LogP contribution in [-0.4, -0.2) is 48.8 Å². The zero-order valence-corrected chi connectivity index (χ0v) is 16.1. The molecule has 1 aliphatic heterocycles. The largest absolute Gasteiger partial charge is 0.345 e. The molecule has 146 valence electrons. The quantitative estimate of drug-likeness (QED) is 0.474. The summed E-state index contributed by atoms with van der Waals surface area (Å²) in [5.41, 5.74) is 0.663. The fourth-order valence-corrected chi connectivity index (χ4v) is 5.60. The summed E-state index contributed by atoms with van der Waals surface area (Å²) in [4.78, 5) is 16.6. The molecule has 4 rings (SSSR count). The van der Waals surface area contributed by atoms with E-state index in [1.165, 1.54) is 46.0 Å². The molecule has 1 saturated heterocycles. The SMILES string of the molecule is O=[N+]([O-])c1ccc2nc(N3CCN(S(=O)(=O)c4ccccc4F)CC3)sc2c1. The van der Waals surface area contributed by atoms with Crippen molar-refractivity contribution >= 4 is 42.4 Å². The van der Waals surface area contributed by atoms with Crippen LogP contribution in [0.1, 0.15) is 0 Å². The van der Waals surface area contributed by atoms with Crippen LogP contribution in [0.25, 0.3) is 10.2 Å². The molecule has 28 heavy (non-hydrogen) atoms. The lowest BCUT2D eigenvalue weighted by Crippen LogP contribution is -2.48. The van der Waals surface area contributed by atoms with Crippen LogP contribution in [0.2, 0.25) is 0 Å². The number of nitrogens with zero attached hydrogens (tertiary/aromatic N) is 4. The predicted octanol–water partition coefficient (Wildman–Crippen LogP) is 2.85. The van der Waals surface area contributed by atoms with E-state index in [4.69, 9.17) is 0 Å². The van der Waals surface area contributed by atoms with Crippen molar-refractivity contribution in [3.63, 3.8) is 0 Å². The maximum Gasteiger partial charge on any atom is 0.270 e. The predicted molar refractivity (Wildman–Crippen MR) is 104 cm³/mol. The maximum atomic E-state index is 13.9. The van der Waals surface area contributed by atoms with Gasteiger partial charge in [0.1, 0.15) is 10.7 Å². The molecule has 3 aromatic rings. The lowest BCUT2D eigenvalue weighted by Gasteiger charge is -2.33. The molecule has 1 aromatic heterocycles. The van der Waals surface area contributed by atoms with Crippen LogP contribution in [0.15, 0.2) is 47.4 Å². The average Bonchev–Trinajstić information content (AvgIpc) is 3.11. The standard InChI is InChI=1S/C17H15FN4O4S2/c18-13-3-1-2-4-16(13)28(25,26)21-9-7-20(8-10-21)17-19-14-6-5-12(22(23)24)11-15(14)27-17/h1-6,11H,7-10H2. The van der Waals surface area contributed by atoms with E-state index in [1.54, 1.807) is 6.07 Å². The number of hydrogen-bond donors (Lipinski definition) is 0. The van der Waals surface area contributed by atoms with Crippen molar-refractivity contribution in [1.29, 1.82) is 0 Å². The zero-order chi connectivity index (χ0) is 19.9. The number of nitro benzene ring substituents is 1. The minimum absolute atomic E-state index is 0.00324. The van der Waals surface area contributed by atoms with E-state index in [-0.39, 0.29) is 23.7 Å². The number of rotatable bonds is 4. The lowest BCUT2D eigenvalue weighted by molar-refractivity contribution is -0.384. The number of anilines is 1. The van der Waals surface area contributed by atoms with E-state index in [2.05, 4.69) is 4.98 Å². The number of aromatic nitrogens is 1. The van der Waals surface area contributed by atoms with Gasteiger partial charge in [-0.1, -0.05) is 23.5 Å². The number of halogens is 1. The lowest BCUT2D eigenvalue weighted by atomic mass is 10.3. The van der Waals surface area contributed by atoms with Crippen molar-refractivity contribution in [3.05, 3.63) is 58.4 Å². The number of non-ortho nitro benzene ring substituents is 1. The number of benzene rings is 2. The molecule has 0 saturated carbocycles. The molecule has 0 aliphatic carbocycles. The first kappa shape index (κ1) is 18.7. The molecule has 8 nitrogen and oxygen atoms in total. The number of hydrogen-bond acceptors (Lipinski definition) is 7. The Morgan fingerprint density at radius 1 is 1.11 bits per heavy atom. The van der Waals surface area contributed by atoms with Crippen molar-refractivity contribution in [2.45, 2.75) is 4.90 Å². The van der Waals surface area contributed by atoms with E-state index >= 15 is 0 Å². The van der Waals surface area contributed by atoms with Gasteiger partial charge in [0, 0.05) is 38.3 Å². The summed E-state index contributed by atoms with van der Waals surface area (Å²) in [6, 6.07) is 9.82. The number of sulfonamides is 1. The van der Waals surface area contributed by atoms with Crippen molar-refractivity contribution < 1.29 is 17.7 Å². The van der Waals surface area contributed by atoms with Crippen molar-refractivity contribution in [1.82, 2.24) is 9.29 Å². The first-order valence-electron chi connectivity index (χ1n) is 8.41. The Bertz CT molecular complexity index is 1160. The summed E-state index contributed by atoms with van der Waals surface area (Å²) in [6.45, 7) is 1.20. The molecule has 0 amide bonds. The van der Waals surface area contributed by atoms with Crippen molar-refractivity contribution in [3.8, 4) is 0 Å². The molecular formula is C17H15FN4O4S2. The van der Waals surface area contributed by atoms with Gasteiger partial charge in [-0.25, -0.2) is 17.8 Å². The molecule has 0 bridgehead atoms. The van der Waals surface area contributed by atoms with Crippen LogP contribution in [0.4, 0.5) is 15.2 Å². The fourth-order valence-electron chi connectivity index (χ4n) is 3.06. The first-order chi connectivity index (χ1) is 13.4. The van der Waals surface area contributed by atoms with Crippen LogP contribution in [0.5, 0.6) is 0 Å². The molecule has 0 N–H and O–H groups in total. The van der Waals surface area contributed by atoms with E-state index in [1.807, 2.05) is 4.90 Å². The molecule has 11 heteroatoms. The molecular weight excluding hydrogens is 407 g/mol. The summed E-state index contributed by atoms with van der Waals surface area (Å²) < 4.78 is 41.2. The number of fused-ring (bicyclic) bond motifs is 1. The Balaban J connectivity index is 1.52. The third-order valence-electron chi connectivity index (χ3n) is 4.54. The Morgan fingerprint density at radius 3 is 2.50 bits per heavy atom. The fraction of sp³-hybridized carbons (Fsp3) is 0.235. The highest BCUT2D eigenvalue weighted by Gasteiger charge is 2.31. The number of thiazole rings is 1. The van der Waals surface area contributed by atoms with Gasteiger partial charge >= 0.3 is 0 Å². The van der Waals surface area contributed by atoms with Gasteiger partial charge in [0.15, 0.2) is 5.13 Å². The summed E-state index contributed by atoms with van der Waals surface area (Å²) in [5.74, 6) is -0.766. The van der Waals surface area contributed by atoms with Gasteiger partial charge in [0.05, 0.1) is 15.1 Å². The average molecular weight is 422 g/mol. The topological polar surface area (TPSA) is 96.7 Å². The van der Waals surface area contributed by atoms with Gasteiger partial charge < -0.3 is 4.90 Å². The third-order valence-corrected chi connectivity index (χ3v) is 7.55. The maximum absolute atomic E-state index is 13.9. The highest BCUT2D eigenvalue weighted by molar-refractivity contribution is 7.89. The minimum Gasteiger partial charge on any atom is -0.345 e. The Hall–Kier alpha value is -2.63. The molecule has 0 unspecified atom stereocenters. The summed E-state index contributed by atoms with van der Waals surface area (Å²) >= 11 is 1.33. The highest BCUT2D eigenvalue weighted by atomic mass is 32.2. The molecule has 1 aliphatic rings. The van der Waals surface area contributed by atoms with E-state index < -0.39 is 20.8 Å². The van der Waals surface area contributed by atoms with Crippen molar-refractivity contribution in [2.75, 3.05) is 31.1 Å². The molecule has 0 spiro atoms. The van der Waals surface area contributed by atoms with E-state index in [9.17, 15) is 22.9 Å². The molecule has 2 heterocycles. The van der Waals surface area contributed by atoms with Gasteiger partial charge in [0.2, 0.25) is 10.0 Å². The van der Waals surface area contributed by atoms with Crippen LogP contribution in [0.3, 0.4) is 0 Å². The van der Waals surface area contributed by atoms with Gasteiger partial charge in [-0.3, -0.25) is 10.1 Å². The summed E-state index contributed by atoms with van der Waals surface area (Å²) in [6.07, 6.45) is 0. The summed E-state index contributed by atoms with van der Waals surface area (Å²) in [7, 11) is -3.90. The Morgan fingerprint density at radius 2 is 1.82 bits per heavy atom. The van der Waals surface area contributed by atoms with Gasteiger partial charge in [-0.15, -0.1) is 0 Å². The third kappa shape index (κ3) is 3.32. The number of nitro groups is 1. The normalized spacial score (nSPS) is 15.8. The molecule has 1 fully saturated rings. The second kappa shape index (κ2) is 7.08. The van der Waals surface area contributed by atoms with Crippen LogP contribution in [0, 0.1) is 15.9 Å². The second-order valence-corrected chi connectivity index (χ2v) is 9.14. The minimum atomic E-state index is -3.90. The van der Waals surface area contributed by atoms with Gasteiger partial charge in [0.25, 0.3) is 5.69 Å². The highest BCUT2D eigenvalue weighted by Crippen LogP contribution is 2.32. The first-order valence-corrected chi connectivity index (χ1v) is 10.7. The Labute approximate surface area is 164 Å². The zero-order valence-electron chi connectivity index (χ0n) is 14.5.